The fourth-order valence-corrected chi connectivity index (χ4v) is 2.55. The fraction of sp³-hybridized carbons (Fsp3) is 0.176. The minimum Gasteiger partial charge on any atom is -0.497 e. The molecule has 1 amide bonds. The molecule has 8 nitrogen and oxygen atoms in total. The van der Waals surface area contributed by atoms with Crippen LogP contribution >= 0.6 is 0 Å². The second-order valence-corrected chi connectivity index (χ2v) is 7.01. The maximum atomic E-state index is 13.9. The molecule has 0 unspecified atom stereocenters. The zero-order valence-corrected chi connectivity index (χ0v) is 15.2. The van der Waals surface area contributed by atoms with Gasteiger partial charge in [-0.25, -0.2) is 22.7 Å². The van der Waals surface area contributed by atoms with Gasteiger partial charge in [-0.1, -0.05) is 0 Å². The van der Waals surface area contributed by atoms with E-state index >= 15 is 0 Å². The summed E-state index contributed by atoms with van der Waals surface area (Å²) in [4.78, 5) is 24.0. The van der Waals surface area contributed by atoms with Crippen LogP contribution in [0.5, 0.6) is 5.75 Å². The van der Waals surface area contributed by atoms with Crippen LogP contribution in [0.1, 0.15) is 17.3 Å². The highest BCUT2D eigenvalue weighted by Crippen LogP contribution is 2.18. The van der Waals surface area contributed by atoms with Gasteiger partial charge in [0.2, 0.25) is 10.0 Å². The molecule has 0 heterocycles. The van der Waals surface area contributed by atoms with Crippen LogP contribution in [0.3, 0.4) is 0 Å². The largest absolute Gasteiger partial charge is 0.497 e. The summed E-state index contributed by atoms with van der Waals surface area (Å²) in [6, 6.07) is 8.69. The Balaban J connectivity index is 2.02. The van der Waals surface area contributed by atoms with E-state index < -0.39 is 33.8 Å². The van der Waals surface area contributed by atoms with Crippen LogP contribution in [-0.4, -0.2) is 33.5 Å². The Hall–Kier alpha value is -2.98. The van der Waals surface area contributed by atoms with Gasteiger partial charge in [0, 0.05) is 11.8 Å². The van der Waals surface area contributed by atoms with Crippen molar-refractivity contribution in [3.05, 3.63) is 53.8 Å². The van der Waals surface area contributed by atoms with Crippen LogP contribution in [0.15, 0.2) is 47.4 Å². The lowest BCUT2D eigenvalue weighted by atomic mass is 10.2. The van der Waals surface area contributed by atoms with Crippen molar-refractivity contribution >= 4 is 27.6 Å². The molecule has 2 rings (SSSR count). The van der Waals surface area contributed by atoms with E-state index in [-0.39, 0.29) is 21.9 Å². The Labute approximate surface area is 155 Å². The molecular weight excluding hydrogens is 379 g/mol. The molecule has 10 heteroatoms. The van der Waals surface area contributed by atoms with Crippen molar-refractivity contribution in [1.29, 1.82) is 0 Å². The normalized spacial score (nSPS) is 12.1. The third-order valence-electron chi connectivity index (χ3n) is 3.50. The molecule has 3 N–H and O–H groups in total. The Morgan fingerprint density at radius 3 is 2.30 bits per heavy atom. The first-order valence-corrected chi connectivity index (χ1v) is 9.14. The zero-order valence-electron chi connectivity index (χ0n) is 14.4. The number of carbonyl (C=O) groups is 2. The summed E-state index contributed by atoms with van der Waals surface area (Å²) in [6.45, 7) is 1.31. The number of ether oxygens (including phenoxy) is 2. The molecule has 0 fully saturated rings. The summed E-state index contributed by atoms with van der Waals surface area (Å²) in [5.41, 5.74) is -0.0705. The molecule has 1 atom stereocenters. The highest BCUT2D eigenvalue weighted by atomic mass is 32.2. The van der Waals surface area contributed by atoms with Crippen LogP contribution in [0, 0.1) is 5.82 Å². The van der Waals surface area contributed by atoms with Gasteiger partial charge >= 0.3 is 5.97 Å². The van der Waals surface area contributed by atoms with Crippen molar-refractivity contribution in [3.8, 4) is 5.75 Å². The maximum Gasteiger partial charge on any atom is 0.341 e. The van der Waals surface area contributed by atoms with E-state index in [0.717, 1.165) is 6.07 Å². The molecule has 0 aliphatic rings. The van der Waals surface area contributed by atoms with E-state index in [4.69, 9.17) is 14.6 Å². The lowest BCUT2D eigenvalue weighted by molar-refractivity contribution is -0.123. The van der Waals surface area contributed by atoms with Gasteiger partial charge in [-0.3, -0.25) is 4.79 Å². The standard InChI is InChI=1S/C17H17FN2O6S/c1-10(26-17(22)14-8-5-12(25-2)9-15(14)18)16(21)20-11-3-6-13(7-4-11)27(19,23)24/h3-10H,1-2H3,(H,20,21)(H2,19,23,24)/t10-/m1/s1. The van der Waals surface area contributed by atoms with Crippen LogP contribution in [0.25, 0.3) is 0 Å². The predicted octanol–water partition coefficient (Wildman–Crippen LogP) is 1.67. The number of nitrogens with one attached hydrogen (secondary N) is 1. The van der Waals surface area contributed by atoms with Gasteiger partial charge in [0.15, 0.2) is 6.10 Å². The average molecular weight is 396 g/mol. The zero-order chi connectivity index (χ0) is 20.2. The minimum absolute atomic E-state index is 0.116. The summed E-state index contributed by atoms with van der Waals surface area (Å²) in [5, 5.41) is 7.43. The number of sulfonamides is 1. The molecule has 0 radical (unpaired) electrons. The fourth-order valence-electron chi connectivity index (χ4n) is 2.04. The van der Waals surface area contributed by atoms with Crippen molar-refractivity contribution in [1.82, 2.24) is 0 Å². The van der Waals surface area contributed by atoms with E-state index in [0.29, 0.717) is 0 Å². The highest BCUT2D eigenvalue weighted by molar-refractivity contribution is 7.89. The maximum absolute atomic E-state index is 13.9. The quantitative estimate of drug-likeness (QED) is 0.716. The number of methoxy groups -OCH3 is 1. The number of hydrogen-bond donors (Lipinski definition) is 2. The molecule has 2 aromatic carbocycles. The average Bonchev–Trinajstić information content (AvgIpc) is 2.60. The molecular formula is C17H17FN2O6S. The second-order valence-electron chi connectivity index (χ2n) is 5.45. The first-order valence-electron chi connectivity index (χ1n) is 7.60. The molecule has 0 aliphatic heterocycles. The number of esters is 1. The van der Waals surface area contributed by atoms with Gasteiger partial charge in [-0.05, 0) is 43.3 Å². The third-order valence-corrected chi connectivity index (χ3v) is 4.43. The Morgan fingerprint density at radius 2 is 1.78 bits per heavy atom. The van der Waals surface area contributed by atoms with Crippen molar-refractivity contribution in [3.63, 3.8) is 0 Å². The molecule has 0 aliphatic carbocycles. The summed E-state index contributed by atoms with van der Waals surface area (Å²) < 4.78 is 46.1. The molecule has 0 aromatic heterocycles. The Kier molecular flexibility index (Phi) is 6.13. The smallest absolute Gasteiger partial charge is 0.341 e. The number of anilines is 1. The number of amides is 1. The van der Waals surface area contributed by atoms with Gasteiger partial charge in [0.1, 0.15) is 11.6 Å². The van der Waals surface area contributed by atoms with Crippen molar-refractivity contribution < 1.29 is 31.9 Å². The Morgan fingerprint density at radius 1 is 1.15 bits per heavy atom. The summed E-state index contributed by atoms with van der Waals surface area (Å²) in [7, 11) is -2.49. The van der Waals surface area contributed by atoms with Crippen molar-refractivity contribution in [2.24, 2.45) is 5.14 Å². The van der Waals surface area contributed by atoms with Gasteiger partial charge in [-0.2, -0.15) is 0 Å². The lowest BCUT2D eigenvalue weighted by Crippen LogP contribution is -2.30. The summed E-state index contributed by atoms with van der Waals surface area (Å²) in [6.07, 6.45) is -1.23. The molecule has 2 aromatic rings. The number of carbonyl (C=O) groups excluding carboxylic acids is 2. The molecule has 0 saturated heterocycles. The van der Waals surface area contributed by atoms with Gasteiger partial charge in [0.25, 0.3) is 5.91 Å². The number of nitrogens with two attached hydrogens (primary N) is 1. The van der Waals surface area contributed by atoms with E-state index in [9.17, 15) is 22.4 Å². The summed E-state index contributed by atoms with van der Waals surface area (Å²) >= 11 is 0. The molecule has 144 valence electrons. The number of primary sulfonamides is 1. The van der Waals surface area contributed by atoms with Crippen LogP contribution < -0.4 is 15.2 Å². The molecule has 27 heavy (non-hydrogen) atoms. The number of benzene rings is 2. The molecule has 0 bridgehead atoms. The summed E-state index contributed by atoms with van der Waals surface area (Å²) in [5.74, 6) is -2.30. The first-order chi connectivity index (χ1) is 12.6. The van der Waals surface area contributed by atoms with Crippen molar-refractivity contribution in [2.45, 2.75) is 17.9 Å². The van der Waals surface area contributed by atoms with Crippen molar-refractivity contribution in [2.75, 3.05) is 12.4 Å². The SMILES string of the molecule is COc1ccc(C(=O)O[C@H](C)C(=O)Nc2ccc(S(N)(=O)=O)cc2)c(F)c1. The highest BCUT2D eigenvalue weighted by Gasteiger charge is 2.21. The van der Waals surface area contributed by atoms with Gasteiger partial charge < -0.3 is 14.8 Å². The molecule has 0 spiro atoms. The lowest BCUT2D eigenvalue weighted by Gasteiger charge is -2.14. The third kappa shape index (κ3) is 5.25. The van der Waals surface area contributed by atoms with Crippen LogP contribution in [0.4, 0.5) is 10.1 Å². The van der Waals surface area contributed by atoms with E-state index in [1.807, 2.05) is 0 Å². The van der Waals surface area contributed by atoms with Crippen LogP contribution in [-0.2, 0) is 19.6 Å². The predicted molar refractivity (Wildman–Crippen MR) is 94.3 cm³/mol. The number of rotatable bonds is 6. The second kappa shape index (κ2) is 8.14. The van der Waals surface area contributed by atoms with E-state index in [2.05, 4.69) is 5.32 Å². The van der Waals surface area contributed by atoms with Gasteiger partial charge in [-0.15, -0.1) is 0 Å². The monoisotopic (exact) mass is 396 g/mol. The topological polar surface area (TPSA) is 125 Å². The Bertz CT molecular complexity index is 960. The first kappa shape index (κ1) is 20.3. The van der Waals surface area contributed by atoms with E-state index in [1.54, 1.807) is 0 Å². The molecule has 0 saturated carbocycles. The van der Waals surface area contributed by atoms with Crippen LogP contribution in [0.2, 0.25) is 0 Å². The minimum atomic E-state index is -3.85. The number of halogens is 1. The number of hydrogen-bond acceptors (Lipinski definition) is 6. The van der Waals surface area contributed by atoms with E-state index in [1.165, 1.54) is 50.4 Å². The van der Waals surface area contributed by atoms with Gasteiger partial charge in [0.05, 0.1) is 17.6 Å².